The minimum absolute atomic E-state index is 0. The Hall–Kier alpha value is 0.756. The SMILES string of the molecule is C=C(C)C(=O)OCCS(=O)(=O)O.[H-].[K+]. The Labute approximate surface area is 121 Å². The number of carbonyl (C=O) groups excluding carboxylic acids is 1. The first-order chi connectivity index (χ1) is 5.33. The molecule has 0 aliphatic rings. The third-order valence-corrected chi connectivity index (χ3v) is 1.61. The van der Waals surface area contributed by atoms with Crippen LogP contribution in [0.1, 0.15) is 8.35 Å². The van der Waals surface area contributed by atoms with Crippen LogP contribution in [0.15, 0.2) is 12.2 Å². The zero-order chi connectivity index (χ0) is 9.78. The maximum absolute atomic E-state index is 10.6. The summed E-state index contributed by atoms with van der Waals surface area (Å²) in [5.41, 5.74) is 0.185. The molecule has 5 nitrogen and oxygen atoms in total. The van der Waals surface area contributed by atoms with Crippen LogP contribution in [0, 0.1) is 0 Å². The molecule has 0 aromatic heterocycles. The molecule has 13 heavy (non-hydrogen) atoms. The van der Waals surface area contributed by atoms with Crippen LogP contribution in [0.3, 0.4) is 0 Å². The van der Waals surface area contributed by atoms with E-state index in [-0.39, 0.29) is 65.0 Å². The summed E-state index contributed by atoms with van der Waals surface area (Å²) in [6.07, 6.45) is 0. The fraction of sp³-hybridized carbons (Fsp3) is 0.500. The van der Waals surface area contributed by atoms with Crippen LogP contribution < -0.4 is 51.4 Å². The van der Waals surface area contributed by atoms with Crippen molar-refractivity contribution in [2.45, 2.75) is 6.92 Å². The second-order valence-corrected chi connectivity index (χ2v) is 3.77. The Morgan fingerprint density at radius 3 is 2.38 bits per heavy atom. The van der Waals surface area contributed by atoms with Gasteiger partial charge in [0.1, 0.15) is 12.4 Å². The van der Waals surface area contributed by atoms with Crippen molar-refractivity contribution in [3.8, 4) is 0 Å². The summed E-state index contributed by atoms with van der Waals surface area (Å²) >= 11 is 0. The molecule has 0 aromatic carbocycles. The molecule has 1 N–H and O–H groups in total. The van der Waals surface area contributed by atoms with Gasteiger partial charge in [0.25, 0.3) is 10.1 Å². The Morgan fingerprint density at radius 2 is 2.08 bits per heavy atom. The Morgan fingerprint density at radius 1 is 1.62 bits per heavy atom. The Kier molecular flexibility index (Phi) is 8.85. The van der Waals surface area contributed by atoms with Crippen molar-refractivity contribution in [2.75, 3.05) is 12.4 Å². The third-order valence-electron chi connectivity index (χ3n) is 0.923. The molecule has 0 bridgehead atoms. The van der Waals surface area contributed by atoms with Crippen LogP contribution in [0.2, 0.25) is 0 Å². The van der Waals surface area contributed by atoms with E-state index in [1.54, 1.807) is 0 Å². The van der Waals surface area contributed by atoms with Crippen LogP contribution in [0.5, 0.6) is 0 Å². The number of hydrogen-bond donors (Lipinski definition) is 1. The molecule has 0 radical (unpaired) electrons. The summed E-state index contributed by atoms with van der Waals surface area (Å²) in [4.78, 5) is 10.6. The molecule has 72 valence electrons. The molecule has 0 rings (SSSR count). The third kappa shape index (κ3) is 10.7. The summed E-state index contributed by atoms with van der Waals surface area (Å²) in [7, 11) is -4.05. The topological polar surface area (TPSA) is 80.7 Å². The van der Waals surface area contributed by atoms with E-state index in [0.717, 1.165) is 0 Å². The zero-order valence-corrected chi connectivity index (χ0v) is 11.5. The first-order valence-corrected chi connectivity index (χ1v) is 4.71. The normalized spacial score (nSPS) is 10.0. The quantitative estimate of drug-likeness (QED) is 0.244. The van der Waals surface area contributed by atoms with Crippen molar-refractivity contribution in [3.63, 3.8) is 0 Å². The second kappa shape index (κ2) is 7.10. The Bertz CT molecular complexity index is 287. The molecule has 0 saturated heterocycles. The summed E-state index contributed by atoms with van der Waals surface area (Å²) in [6.45, 7) is 4.37. The summed E-state index contributed by atoms with van der Waals surface area (Å²) in [5.74, 6) is -1.26. The molecule has 0 spiro atoms. The second-order valence-electron chi connectivity index (χ2n) is 2.20. The van der Waals surface area contributed by atoms with Gasteiger partial charge in [-0.25, -0.2) is 4.79 Å². The van der Waals surface area contributed by atoms with Gasteiger partial charge >= 0.3 is 57.4 Å². The molecule has 0 amide bonds. The minimum atomic E-state index is -4.05. The molecule has 0 aliphatic heterocycles. The number of carbonyl (C=O) groups is 1. The van der Waals surface area contributed by atoms with Gasteiger partial charge in [0.05, 0.1) is 0 Å². The predicted octanol–water partition coefficient (Wildman–Crippen LogP) is -2.89. The molecular weight excluding hydrogens is 223 g/mol. The molecule has 0 atom stereocenters. The molecule has 0 saturated carbocycles. The van der Waals surface area contributed by atoms with E-state index < -0.39 is 21.8 Å². The molecule has 0 heterocycles. The van der Waals surface area contributed by atoms with E-state index >= 15 is 0 Å². The van der Waals surface area contributed by atoms with Crippen molar-refractivity contribution in [1.82, 2.24) is 0 Å². The largest absolute Gasteiger partial charge is 1.00 e. The van der Waals surface area contributed by atoms with Crippen molar-refractivity contribution in [1.29, 1.82) is 0 Å². The molecular formula is C6H11KO5S. The van der Waals surface area contributed by atoms with Crippen molar-refractivity contribution in [3.05, 3.63) is 12.2 Å². The van der Waals surface area contributed by atoms with Crippen LogP contribution in [0.25, 0.3) is 0 Å². The number of hydrogen-bond acceptors (Lipinski definition) is 4. The van der Waals surface area contributed by atoms with Gasteiger partial charge in [-0.05, 0) is 6.92 Å². The molecule has 0 fully saturated rings. The standard InChI is InChI=1S/C6H10O5S.K.H/c1-5(2)6(7)11-3-4-12(8,9)10;;/h1,3-4H2,2H3,(H,8,9,10);;/q;+1;-1. The average Bonchev–Trinajstić information content (AvgIpc) is 1.84. The fourth-order valence-corrected chi connectivity index (χ4v) is 0.657. The maximum atomic E-state index is 10.6. The minimum Gasteiger partial charge on any atom is -1.00 e. The van der Waals surface area contributed by atoms with E-state index in [1.165, 1.54) is 6.92 Å². The first kappa shape index (κ1) is 16.2. The number of ether oxygens (including phenoxy) is 1. The van der Waals surface area contributed by atoms with E-state index in [1.807, 2.05) is 0 Å². The summed E-state index contributed by atoms with van der Waals surface area (Å²) in [5, 5.41) is 0. The van der Waals surface area contributed by atoms with Gasteiger partial charge in [0.15, 0.2) is 0 Å². The van der Waals surface area contributed by atoms with Gasteiger partial charge < -0.3 is 6.16 Å². The first-order valence-electron chi connectivity index (χ1n) is 3.11. The van der Waals surface area contributed by atoms with Gasteiger partial charge in [-0.1, -0.05) is 6.58 Å². The number of rotatable bonds is 4. The van der Waals surface area contributed by atoms with Crippen molar-refractivity contribution < 1.29 is 75.3 Å². The van der Waals surface area contributed by atoms with E-state index in [0.29, 0.717) is 0 Å². The van der Waals surface area contributed by atoms with Crippen LogP contribution in [0.4, 0.5) is 0 Å². The smallest absolute Gasteiger partial charge is 1.00 e. The van der Waals surface area contributed by atoms with Crippen LogP contribution in [-0.4, -0.2) is 31.3 Å². The van der Waals surface area contributed by atoms with Crippen molar-refractivity contribution >= 4 is 16.1 Å². The molecule has 0 aromatic rings. The fourth-order valence-electron chi connectivity index (χ4n) is 0.363. The van der Waals surface area contributed by atoms with E-state index in [4.69, 9.17) is 4.55 Å². The van der Waals surface area contributed by atoms with E-state index in [9.17, 15) is 13.2 Å². The van der Waals surface area contributed by atoms with Gasteiger partial charge in [-0.15, -0.1) is 0 Å². The monoisotopic (exact) mass is 234 g/mol. The molecule has 0 unspecified atom stereocenters. The number of esters is 1. The summed E-state index contributed by atoms with van der Waals surface area (Å²) in [6, 6.07) is 0. The van der Waals surface area contributed by atoms with Crippen LogP contribution in [-0.2, 0) is 19.6 Å². The van der Waals surface area contributed by atoms with E-state index in [2.05, 4.69) is 11.3 Å². The zero-order valence-electron chi connectivity index (χ0n) is 8.61. The predicted molar refractivity (Wildman–Crippen MR) is 43.3 cm³/mol. The van der Waals surface area contributed by atoms with Crippen molar-refractivity contribution in [2.24, 2.45) is 0 Å². The van der Waals surface area contributed by atoms with Crippen LogP contribution >= 0.6 is 0 Å². The Balaban J connectivity index is -0.000000605. The summed E-state index contributed by atoms with van der Waals surface area (Å²) < 4.78 is 32.9. The van der Waals surface area contributed by atoms with Gasteiger partial charge in [-0.3, -0.25) is 4.55 Å². The average molecular weight is 234 g/mol. The molecule has 7 heteroatoms. The molecule has 0 aliphatic carbocycles. The maximum Gasteiger partial charge on any atom is 1.00 e. The van der Waals surface area contributed by atoms with Gasteiger partial charge in [0.2, 0.25) is 0 Å². The van der Waals surface area contributed by atoms with Gasteiger partial charge in [0, 0.05) is 5.57 Å². The van der Waals surface area contributed by atoms with Gasteiger partial charge in [-0.2, -0.15) is 8.42 Å².